The van der Waals surface area contributed by atoms with Crippen LogP contribution in [0.25, 0.3) is 0 Å². The molecular formula is C15H25ClN4O2. The molecule has 1 aliphatic rings. The number of nitrogens with zero attached hydrogens (tertiary/aromatic N) is 3. The van der Waals surface area contributed by atoms with Crippen LogP contribution in [0.1, 0.15) is 51.3 Å². The number of likely N-dealkylation sites (tertiary alicyclic amines) is 1. The Morgan fingerprint density at radius 3 is 2.91 bits per heavy atom. The number of aromatic nitrogens is 2. The van der Waals surface area contributed by atoms with E-state index in [1.54, 1.807) is 4.90 Å². The molecule has 0 bridgehead atoms. The fourth-order valence-corrected chi connectivity index (χ4v) is 2.68. The smallest absolute Gasteiger partial charge is 0.317 e. The van der Waals surface area contributed by atoms with Crippen LogP contribution in [0.2, 0.25) is 0 Å². The summed E-state index contributed by atoms with van der Waals surface area (Å²) in [5.41, 5.74) is 0.115. The van der Waals surface area contributed by atoms with Gasteiger partial charge in [0.05, 0.1) is 5.92 Å². The molecule has 124 valence electrons. The van der Waals surface area contributed by atoms with Crippen molar-refractivity contribution in [2.24, 2.45) is 5.41 Å². The number of hydrogen-bond donors (Lipinski definition) is 1. The third kappa shape index (κ3) is 4.87. The summed E-state index contributed by atoms with van der Waals surface area (Å²) in [4.78, 5) is 13.8. The fourth-order valence-electron chi connectivity index (χ4n) is 2.59. The number of hydrogen-bond acceptors (Lipinski definition) is 4. The zero-order chi connectivity index (χ0) is 16.2. The summed E-state index contributed by atoms with van der Waals surface area (Å²) < 4.78 is 5.81. The van der Waals surface area contributed by atoms with E-state index in [1.807, 2.05) is 0 Å². The number of amides is 2. The molecule has 0 aliphatic carbocycles. The summed E-state index contributed by atoms with van der Waals surface area (Å²) in [5, 5.41) is 11.1. The minimum Gasteiger partial charge on any atom is -0.425 e. The van der Waals surface area contributed by atoms with Crippen LogP contribution in [0.3, 0.4) is 0 Å². The first-order valence-electron chi connectivity index (χ1n) is 7.80. The van der Waals surface area contributed by atoms with Crippen molar-refractivity contribution < 1.29 is 9.21 Å². The molecule has 1 aliphatic heterocycles. The lowest BCUT2D eigenvalue weighted by molar-refractivity contribution is 0.174. The Balaban J connectivity index is 1.96. The maximum Gasteiger partial charge on any atom is 0.317 e. The van der Waals surface area contributed by atoms with Crippen molar-refractivity contribution in [3.8, 4) is 0 Å². The Hall–Kier alpha value is -1.30. The number of nitrogens with one attached hydrogen (secondary N) is 1. The Morgan fingerprint density at radius 2 is 2.23 bits per heavy atom. The predicted octanol–water partition coefficient (Wildman–Crippen LogP) is 2.79. The first-order chi connectivity index (χ1) is 10.4. The monoisotopic (exact) mass is 328 g/mol. The highest BCUT2D eigenvalue weighted by Gasteiger charge is 2.28. The van der Waals surface area contributed by atoms with Gasteiger partial charge in [0.25, 0.3) is 0 Å². The second-order valence-electron chi connectivity index (χ2n) is 6.98. The van der Waals surface area contributed by atoms with Gasteiger partial charge in [-0.1, -0.05) is 20.8 Å². The molecule has 2 amide bonds. The highest BCUT2D eigenvalue weighted by Crippen LogP contribution is 2.27. The number of piperidine rings is 1. The predicted molar refractivity (Wildman–Crippen MR) is 85.1 cm³/mol. The lowest BCUT2D eigenvalue weighted by atomic mass is 9.92. The van der Waals surface area contributed by atoms with Crippen molar-refractivity contribution in [2.75, 3.05) is 25.5 Å². The maximum absolute atomic E-state index is 12.0. The number of alkyl halides is 1. The number of halogens is 1. The van der Waals surface area contributed by atoms with Crippen LogP contribution in [-0.2, 0) is 6.42 Å². The van der Waals surface area contributed by atoms with Gasteiger partial charge in [0.2, 0.25) is 11.8 Å². The van der Waals surface area contributed by atoms with E-state index in [1.165, 1.54) is 0 Å². The molecule has 1 saturated heterocycles. The van der Waals surface area contributed by atoms with Gasteiger partial charge in [0, 0.05) is 31.9 Å². The molecule has 1 aromatic rings. The topological polar surface area (TPSA) is 71.3 Å². The van der Waals surface area contributed by atoms with Gasteiger partial charge < -0.3 is 14.6 Å². The third-order valence-electron chi connectivity index (χ3n) is 3.59. The first-order valence-corrected chi connectivity index (χ1v) is 8.33. The van der Waals surface area contributed by atoms with Crippen LogP contribution in [0.5, 0.6) is 0 Å². The van der Waals surface area contributed by atoms with Gasteiger partial charge in [-0.3, -0.25) is 0 Å². The molecule has 0 radical (unpaired) electrons. The highest BCUT2D eigenvalue weighted by atomic mass is 35.5. The zero-order valence-corrected chi connectivity index (χ0v) is 14.3. The van der Waals surface area contributed by atoms with E-state index in [-0.39, 0.29) is 17.4 Å². The van der Waals surface area contributed by atoms with Crippen molar-refractivity contribution in [1.29, 1.82) is 0 Å². The standard InChI is InChI=1S/C15H25ClN4O2/c1-15(2,3)9-12-18-19-13(22-12)11-5-4-8-20(10-11)14(21)17-7-6-16/h11H,4-10H2,1-3H3,(H,17,21). The molecule has 2 rings (SSSR count). The van der Waals surface area contributed by atoms with Crippen molar-refractivity contribution in [2.45, 2.75) is 46.0 Å². The van der Waals surface area contributed by atoms with E-state index in [4.69, 9.17) is 16.0 Å². The van der Waals surface area contributed by atoms with E-state index in [0.29, 0.717) is 30.8 Å². The minimum absolute atomic E-state index is 0.0696. The summed E-state index contributed by atoms with van der Waals surface area (Å²) in [6.07, 6.45) is 2.67. The van der Waals surface area contributed by atoms with Gasteiger partial charge in [-0.05, 0) is 18.3 Å². The lowest BCUT2D eigenvalue weighted by Gasteiger charge is -2.31. The molecule has 1 aromatic heterocycles. The summed E-state index contributed by atoms with van der Waals surface area (Å²) in [7, 11) is 0. The quantitative estimate of drug-likeness (QED) is 0.863. The number of rotatable bonds is 4. The summed E-state index contributed by atoms with van der Waals surface area (Å²) in [6, 6.07) is -0.0696. The minimum atomic E-state index is -0.0696. The van der Waals surface area contributed by atoms with Crippen LogP contribution in [0.15, 0.2) is 4.42 Å². The molecule has 7 heteroatoms. The highest BCUT2D eigenvalue weighted by molar-refractivity contribution is 6.18. The Morgan fingerprint density at radius 1 is 1.45 bits per heavy atom. The van der Waals surface area contributed by atoms with E-state index in [0.717, 1.165) is 25.8 Å². The number of urea groups is 1. The molecule has 1 fully saturated rings. The summed E-state index contributed by atoms with van der Waals surface area (Å²) >= 11 is 5.60. The van der Waals surface area contributed by atoms with Gasteiger partial charge in [0.15, 0.2) is 0 Å². The fraction of sp³-hybridized carbons (Fsp3) is 0.800. The van der Waals surface area contributed by atoms with Crippen molar-refractivity contribution in [3.63, 3.8) is 0 Å². The molecule has 0 aromatic carbocycles. The third-order valence-corrected chi connectivity index (χ3v) is 3.78. The Kier molecular flexibility index (Phi) is 5.67. The molecule has 0 saturated carbocycles. The largest absolute Gasteiger partial charge is 0.425 e. The van der Waals surface area contributed by atoms with Crippen molar-refractivity contribution in [3.05, 3.63) is 11.8 Å². The van der Waals surface area contributed by atoms with Crippen LogP contribution < -0.4 is 5.32 Å². The van der Waals surface area contributed by atoms with Crippen LogP contribution in [0, 0.1) is 5.41 Å². The average molecular weight is 329 g/mol. The van der Waals surface area contributed by atoms with E-state index >= 15 is 0 Å². The molecule has 6 nitrogen and oxygen atoms in total. The van der Waals surface area contributed by atoms with Crippen molar-refractivity contribution in [1.82, 2.24) is 20.4 Å². The maximum atomic E-state index is 12.0. The molecule has 2 heterocycles. The van der Waals surface area contributed by atoms with Gasteiger partial charge >= 0.3 is 6.03 Å². The van der Waals surface area contributed by atoms with E-state index in [9.17, 15) is 4.79 Å². The molecule has 0 spiro atoms. The molecular weight excluding hydrogens is 304 g/mol. The van der Waals surface area contributed by atoms with Crippen LogP contribution in [0.4, 0.5) is 4.79 Å². The molecule has 1 N–H and O–H groups in total. The van der Waals surface area contributed by atoms with Crippen LogP contribution >= 0.6 is 11.6 Å². The van der Waals surface area contributed by atoms with E-state index in [2.05, 4.69) is 36.3 Å². The number of carbonyl (C=O) groups is 1. The van der Waals surface area contributed by atoms with Gasteiger partial charge in [-0.2, -0.15) is 0 Å². The molecule has 1 atom stereocenters. The molecule has 1 unspecified atom stereocenters. The summed E-state index contributed by atoms with van der Waals surface area (Å²) in [5.74, 6) is 1.86. The average Bonchev–Trinajstić information content (AvgIpc) is 2.91. The van der Waals surface area contributed by atoms with Gasteiger partial charge in [-0.25, -0.2) is 4.79 Å². The zero-order valence-electron chi connectivity index (χ0n) is 13.6. The van der Waals surface area contributed by atoms with Crippen molar-refractivity contribution >= 4 is 17.6 Å². The lowest BCUT2D eigenvalue weighted by Crippen LogP contribution is -2.45. The Bertz CT molecular complexity index is 498. The Labute approximate surface area is 136 Å². The number of carbonyl (C=O) groups excluding carboxylic acids is 1. The second-order valence-corrected chi connectivity index (χ2v) is 7.36. The van der Waals surface area contributed by atoms with E-state index < -0.39 is 0 Å². The normalized spacial score (nSPS) is 19.3. The SMILES string of the molecule is CC(C)(C)Cc1nnc(C2CCCN(C(=O)NCCCl)C2)o1. The first kappa shape index (κ1) is 17.1. The van der Waals surface area contributed by atoms with Gasteiger partial charge in [-0.15, -0.1) is 21.8 Å². The molecule has 22 heavy (non-hydrogen) atoms. The van der Waals surface area contributed by atoms with Crippen LogP contribution in [-0.4, -0.2) is 46.6 Å². The van der Waals surface area contributed by atoms with Gasteiger partial charge in [0.1, 0.15) is 0 Å². The summed E-state index contributed by atoms with van der Waals surface area (Å²) in [6.45, 7) is 8.28. The second kappa shape index (κ2) is 7.31.